The first-order valence-corrected chi connectivity index (χ1v) is 4.50. The fourth-order valence-electron chi connectivity index (χ4n) is 1.19. The van der Waals surface area contributed by atoms with E-state index in [9.17, 15) is 10.2 Å². The number of rotatable bonds is 6. The summed E-state index contributed by atoms with van der Waals surface area (Å²) in [7, 11) is 0. The van der Waals surface area contributed by atoms with E-state index in [1.54, 1.807) is 0 Å². The van der Waals surface area contributed by atoms with Gasteiger partial charge in [-0.2, -0.15) is 0 Å². The van der Waals surface area contributed by atoms with E-state index in [2.05, 4.69) is 0 Å². The van der Waals surface area contributed by atoms with Gasteiger partial charge in [0, 0.05) is 0 Å². The predicted molar refractivity (Wildman–Crippen MR) is 44.9 cm³/mol. The summed E-state index contributed by atoms with van der Waals surface area (Å²) in [5.41, 5.74) is 0. The molecule has 0 aliphatic heterocycles. The molecule has 0 aliphatic carbocycles. The summed E-state index contributed by atoms with van der Waals surface area (Å²) in [5, 5.41) is 19.8. The highest BCUT2D eigenvalue weighted by atomic mass is 16.3. The van der Waals surface area contributed by atoms with Gasteiger partial charge in [-0.25, -0.2) is 5.11 Å². The summed E-state index contributed by atoms with van der Waals surface area (Å²) in [5.74, 6) is 0.177. The monoisotopic (exact) mass is 159 g/mol. The van der Waals surface area contributed by atoms with Crippen molar-refractivity contribution in [2.75, 3.05) is 6.61 Å². The molecule has 0 rings (SSSR count). The van der Waals surface area contributed by atoms with Crippen molar-refractivity contribution in [2.45, 2.75) is 45.6 Å². The molecular formula is C9H19O2. The first-order valence-electron chi connectivity index (χ1n) is 4.50. The first kappa shape index (κ1) is 10.9. The van der Waals surface area contributed by atoms with Crippen molar-refractivity contribution in [1.29, 1.82) is 0 Å². The maximum absolute atomic E-state index is 10.5. The van der Waals surface area contributed by atoms with Crippen LogP contribution in [0.4, 0.5) is 0 Å². The standard InChI is InChI=1S/C9H19O2/c1-3-5-9(11)6-8(4-2)7-10/h8-9,11H,3-7H2,1-2H3. The highest BCUT2D eigenvalue weighted by Gasteiger charge is 2.11. The summed E-state index contributed by atoms with van der Waals surface area (Å²) in [6.45, 7) is 4.00. The highest BCUT2D eigenvalue weighted by molar-refractivity contribution is 4.62. The van der Waals surface area contributed by atoms with Crippen LogP contribution in [0.3, 0.4) is 0 Å². The van der Waals surface area contributed by atoms with Crippen LogP contribution in [-0.2, 0) is 5.11 Å². The molecule has 1 radical (unpaired) electrons. The molecule has 0 amide bonds. The van der Waals surface area contributed by atoms with Crippen LogP contribution in [0.2, 0.25) is 0 Å². The second-order valence-electron chi connectivity index (χ2n) is 3.12. The molecule has 0 aliphatic rings. The lowest BCUT2D eigenvalue weighted by atomic mass is 9.98. The van der Waals surface area contributed by atoms with E-state index in [0.29, 0.717) is 6.42 Å². The third-order valence-corrected chi connectivity index (χ3v) is 2.04. The molecule has 0 aromatic heterocycles. The zero-order valence-corrected chi connectivity index (χ0v) is 7.55. The molecule has 0 fully saturated rings. The van der Waals surface area contributed by atoms with Gasteiger partial charge in [0.05, 0.1) is 12.7 Å². The van der Waals surface area contributed by atoms with Crippen LogP contribution < -0.4 is 0 Å². The molecule has 0 spiro atoms. The molecule has 0 saturated carbocycles. The average molecular weight is 159 g/mol. The van der Waals surface area contributed by atoms with Crippen LogP contribution in [0.1, 0.15) is 39.5 Å². The van der Waals surface area contributed by atoms with Gasteiger partial charge in [0.25, 0.3) is 0 Å². The first-order chi connectivity index (χ1) is 5.24. The van der Waals surface area contributed by atoms with Crippen LogP contribution in [0, 0.1) is 5.92 Å². The lowest BCUT2D eigenvalue weighted by molar-refractivity contribution is 0.0818. The fourth-order valence-corrected chi connectivity index (χ4v) is 1.19. The largest absolute Gasteiger partial charge is 0.393 e. The predicted octanol–water partition coefficient (Wildman–Crippen LogP) is 1.99. The van der Waals surface area contributed by atoms with Crippen molar-refractivity contribution in [3.8, 4) is 0 Å². The zero-order valence-electron chi connectivity index (χ0n) is 7.55. The molecular weight excluding hydrogens is 140 g/mol. The SMILES string of the molecule is CCCC(O)CC(CC)C[O]. The van der Waals surface area contributed by atoms with Gasteiger partial charge in [0.2, 0.25) is 0 Å². The molecule has 0 heterocycles. The fraction of sp³-hybridized carbons (Fsp3) is 1.00. The summed E-state index contributed by atoms with van der Waals surface area (Å²) < 4.78 is 0. The maximum Gasteiger partial charge on any atom is 0.0851 e. The minimum Gasteiger partial charge on any atom is -0.393 e. The number of hydrogen-bond donors (Lipinski definition) is 1. The van der Waals surface area contributed by atoms with E-state index in [1.165, 1.54) is 0 Å². The average Bonchev–Trinajstić information content (AvgIpc) is 2.01. The Balaban J connectivity index is 3.44. The summed E-state index contributed by atoms with van der Waals surface area (Å²) in [6, 6.07) is 0. The Bertz CT molecular complexity index is 79.6. The van der Waals surface area contributed by atoms with Crippen LogP contribution >= 0.6 is 0 Å². The van der Waals surface area contributed by atoms with Crippen LogP contribution in [-0.4, -0.2) is 17.8 Å². The van der Waals surface area contributed by atoms with Gasteiger partial charge in [0.15, 0.2) is 0 Å². The molecule has 11 heavy (non-hydrogen) atoms. The Labute approximate surface area is 69.2 Å². The van der Waals surface area contributed by atoms with Crippen LogP contribution in [0.15, 0.2) is 0 Å². The van der Waals surface area contributed by atoms with Crippen molar-refractivity contribution in [3.63, 3.8) is 0 Å². The molecule has 0 aromatic rings. The summed E-state index contributed by atoms with van der Waals surface area (Å²) in [4.78, 5) is 0. The van der Waals surface area contributed by atoms with E-state index >= 15 is 0 Å². The van der Waals surface area contributed by atoms with Crippen LogP contribution in [0.25, 0.3) is 0 Å². The van der Waals surface area contributed by atoms with E-state index in [4.69, 9.17) is 0 Å². The molecule has 67 valence electrons. The second kappa shape index (κ2) is 6.62. The van der Waals surface area contributed by atoms with Gasteiger partial charge in [-0.1, -0.05) is 26.7 Å². The Kier molecular flexibility index (Phi) is 6.57. The van der Waals surface area contributed by atoms with Gasteiger partial charge < -0.3 is 5.11 Å². The zero-order chi connectivity index (χ0) is 8.69. The summed E-state index contributed by atoms with van der Waals surface area (Å²) >= 11 is 0. The van der Waals surface area contributed by atoms with Crippen molar-refractivity contribution < 1.29 is 10.2 Å². The molecule has 2 unspecified atom stereocenters. The van der Waals surface area contributed by atoms with Gasteiger partial charge in [-0.05, 0) is 18.8 Å². The van der Waals surface area contributed by atoms with Crippen molar-refractivity contribution in [3.05, 3.63) is 0 Å². The smallest absolute Gasteiger partial charge is 0.0851 e. The Hall–Kier alpha value is -0.0800. The van der Waals surface area contributed by atoms with Gasteiger partial charge >= 0.3 is 0 Å². The normalized spacial score (nSPS) is 16.4. The third-order valence-electron chi connectivity index (χ3n) is 2.04. The molecule has 2 atom stereocenters. The minimum atomic E-state index is -0.251. The number of hydrogen-bond acceptors (Lipinski definition) is 1. The van der Waals surface area contributed by atoms with E-state index < -0.39 is 0 Å². The molecule has 2 heteroatoms. The van der Waals surface area contributed by atoms with Crippen molar-refractivity contribution >= 4 is 0 Å². The number of aliphatic hydroxyl groups excluding tert-OH is 1. The topological polar surface area (TPSA) is 40.1 Å². The number of aliphatic hydroxyl groups is 1. The van der Waals surface area contributed by atoms with Gasteiger partial charge in [-0.15, -0.1) is 0 Å². The molecule has 1 N–H and O–H groups in total. The Morgan fingerprint density at radius 3 is 2.36 bits per heavy atom. The van der Waals surface area contributed by atoms with Gasteiger partial charge in [0.1, 0.15) is 0 Å². The molecule has 0 saturated heterocycles. The third kappa shape index (κ3) is 5.22. The molecule has 2 nitrogen and oxygen atoms in total. The van der Waals surface area contributed by atoms with Crippen molar-refractivity contribution in [1.82, 2.24) is 0 Å². The Morgan fingerprint density at radius 2 is 2.00 bits per heavy atom. The van der Waals surface area contributed by atoms with E-state index in [1.807, 2.05) is 13.8 Å². The Morgan fingerprint density at radius 1 is 1.36 bits per heavy atom. The molecule has 0 aromatic carbocycles. The quantitative estimate of drug-likeness (QED) is 0.632. The van der Waals surface area contributed by atoms with Gasteiger partial charge in [-0.3, -0.25) is 0 Å². The summed E-state index contributed by atoms with van der Waals surface area (Å²) in [6.07, 6.45) is 3.16. The molecule has 0 bridgehead atoms. The lowest BCUT2D eigenvalue weighted by Gasteiger charge is -2.14. The maximum atomic E-state index is 10.5. The second-order valence-corrected chi connectivity index (χ2v) is 3.12. The van der Waals surface area contributed by atoms with E-state index in [-0.39, 0.29) is 18.6 Å². The van der Waals surface area contributed by atoms with E-state index in [0.717, 1.165) is 19.3 Å². The van der Waals surface area contributed by atoms with Crippen LogP contribution in [0.5, 0.6) is 0 Å². The lowest BCUT2D eigenvalue weighted by Crippen LogP contribution is -2.15. The van der Waals surface area contributed by atoms with Crippen molar-refractivity contribution in [2.24, 2.45) is 5.92 Å². The highest BCUT2D eigenvalue weighted by Crippen LogP contribution is 2.13. The minimum absolute atomic E-state index is 0.0444.